The van der Waals surface area contributed by atoms with Gasteiger partial charge in [0.25, 0.3) is 0 Å². The molecule has 2 nitrogen and oxygen atoms in total. The van der Waals surface area contributed by atoms with Crippen LogP contribution in [0.25, 0.3) is 11.1 Å². The minimum atomic E-state index is -4.36. The van der Waals surface area contributed by atoms with Gasteiger partial charge >= 0.3 is 6.18 Å². The van der Waals surface area contributed by atoms with Gasteiger partial charge < -0.3 is 0 Å². The number of carbonyl (C=O) groups excluding carboxylic acids is 1. The molecule has 0 amide bonds. The number of nitrogens with zero attached hydrogens (tertiary/aromatic N) is 1. The largest absolute Gasteiger partial charge is 0.416 e. The van der Waals surface area contributed by atoms with Crippen molar-refractivity contribution in [2.45, 2.75) is 6.18 Å². The van der Waals surface area contributed by atoms with E-state index in [0.717, 1.165) is 12.1 Å². The number of alkyl halides is 3. The molecule has 96 valence electrons. The molecular weight excluding hydrogens is 255 g/mol. The van der Waals surface area contributed by atoms with E-state index in [1.54, 1.807) is 24.3 Å². The van der Waals surface area contributed by atoms with Crippen molar-refractivity contribution in [1.29, 1.82) is 0 Å². The van der Waals surface area contributed by atoms with Gasteiger partial charge in [-0.1, -0.05) is 30.3 Å². The molecule has 5 heteroatoms. The van der Waals surface area contributed by atoms with Crippen molar-refractivity contribution in [3.05, 3.63) is 54.1 Å². The highest BCUT2D eigenvalue weighted by molar-refractivity contribution is 5.77. The number of hydrogen-bond donors (Lipinski definition) is 0. The number of benzene rings is 2. The van der Waals surface area contributed by atoms with Gasteiger partial charge in [-0.05, 0) is 23.8 Å². The molecule has 0 aliphatic rings. The number of aliphatic imine (C=N–C) groups is 1. The maximum absolute atomic E-state index is 12.5. The molecule has 2 rings (SSSR count). The Morgan fingerprint density at radius 1 is 0.947 bits per heavy atom. The lowest BCUT2D eigenvalue weighted by atomic mass is 10.0. The van der Waals surface area contributed by atoms with Gasteiger partial charge in [0.05, 0.1) is 11.3 Å². The lowest BCUT2D eigenvalue weighted by Gasteiger charge is -2.08. The Morgan fingerprint density at radius 3 is 2.16 bits per heavy atom. The number of halogens is 3. The molecule has 0 saturated carbocycles. The molecule has 0 aliphatic heterocycles. The predicted molar refractivity (Wildman–Crippen MR) is 64.7 cm³/mol. The van der Waals surface area contributed by atoms with Crippen LogP contribution in [0.2, 0.25) is 0 Å². The smallest absolute Gasteiger partial charge is 0.211 e. The first-order chi connectivity index (χ1) is 9.02. The van der Waals surface area contributed by atoms with E-state index in [0.29, 0.717) is 16.8 Å². The summed E-state index contributed by atoms with van der Waals surface area (Å²) < 4.78 is 37.4. The van der Waals surface area contributed by atoms with E-state index in [1.807, 2.05) is 0 Å². The van der Waals surface area contributed by atoms with Gasteiger partial charge in [0.15, 0.2) is 0 Å². The van der Waals surface area contributed by atoms with E-state index in [1.165, 1.54) is 18.2 Å². The minimum absolute atomic E-state index is 0.372. The number of rotatable bonds is 2. The van der Waals surface area contributed by atoms with Crippen molar-refractivity contribution >= 4 is 11.8 Å². The highest BCUT2D eigenvalue weighted by Crippen LogP contribution is 2.33. The second-order valence-corrected chi connectivity index (χ2v) is 3.80. The molecule has 0 atom stereocenters. The fourth-order valence-corrected chi connectivity index (χ4v) is 1.70. The molecule has 0 heterocycles. The van der Waals surface area contributed by atoms with Crippen LogP contribution in [0.3, 0.4) is 0 Å². The van der Waals surface area contributed by atoms with Crippen molar-refractivity contribution in [3.8, 4) is 11.1 Å². The van der Waals surface area contributed by atoms with Gasteiger partial charge in [-0.15, -0.1) is 0 Å². The fourth-order valence-electron chi connectivity index (χ4n) is 1.70. The molecule has 0 radical (unpaired) electrons. The summed E-state index contributed by atoms with van der Waals surface area (Å²) >= 11 is 0. The van der Waals surface area contributed by atoms with Gasteiger partial charge in [-0.3, -0.25) is 0 Å². The second-order valence-electron chi connectivity index (χ2n) is 3.80. The van der Waals surface area contributed by atoms with Crippen LogP contribution in [0.4, 0.5) is 18.9 Å². The first-order valence-electron chi connectivity index (χ1n) is 5.37. The lowest BCUT2D eigenvalue weighted by molar-refractivity contribution is -0.137. The maximum Gasteiger partial charge on any atom is 0.416 e. The maximum atomic E-state index is 12.5. The summed E-state index contributed by atoms with van der Waals surface area (Å²) in [6, 6.07) is 11.4. The third-order valence-electron chi connectivity index (χ3n) is 2.59. The summed E-state index contributed by atoms with van der Waals surface area (Å²) in [6.07, 6.45) is -2.94. The lowest BCUT2D eigenvalue weighted by Crippen LogP contribution is -2.03. The molecular formula is C14H8F3NO. The van der Waals surface area contributed by atoms with E-state index in [2.05, 4.69) is 4.99 Å². The van der Waals surface area contributed by atoms with Crippen LogP contribution < -0.4 is 0 Å². The van der Waals surface area contributed by atoms with Gasteiger partial charge in [-0.25, -0.2) is 4.79 Å². The van der Waals surface area contributed by atoms with Gasteiger partial charge in [0.1, 0.15) is 0 Å². The molecule has 0 N–H and O–H groups in total. The SMILES string of the molecule is O=C=Nc1ccccc1-c1ccc(C(F)(F)F)cc1. The normalized spacial score (nSPS) is 10.9. The van der Waals surface area contributed by atoms with Crippen LogP contribution in [-0.4, -0.2) is 6.08 Å². The third-order valence-corrected chi connectivity index (χ3v) is 2.59. The van der Waals surface area contributed by atoms with E-state index in [4.69, 9.17) is 0 Å². The molecule has 0 aromatic heterocycles. The molecule has 0 spiro atoms. The molecule has 0 saturated heterocycles. The number of para-hydroxylation sites is 1. The molecule has 2 aromatic rings. The van der Waals surface area contributed by atoms with Crippen molar-refractivity contribution < 1.29 is 18.0 Å². The quantitative estimate of drug-likeness (QED) is 0.585. The van der Waals surface area contributed by atoms with E-state index < -0.39 is 11.7 Å². The first-order valence-corrected chi connectivity index (χ1v) is 5.37. The van der Waals surface area contributed by atoms with Crippen molar-refractivity contribution in [2.75, 3.05) is 0 Å². The monoisotopic (exact) mass is 263 g/mol. The Morgan fingerprint density at radius 2 is 1.58 bits per heavy atom. The zero-order valence-corrected chi connectivity index (χ0v) is 9.61. The van der Waals surface area contributed by atoms with E-state index >= 15 is 0 Å². The molecule has 0 unspecified atom stereocenters. The van der Waals surface area contributed by atoms with Gasteiger partial charge in [0.2, 0.25) is 6.08 Å². The van der Waals surface area contributed by atoms with Crippen LogP contribution in [-0.2, 0) is 11.0 Å². The van der Waals surface area contributed by atoms with Crippen LogP contribution in [0, 0.1) is 0 Å². The molecule has 2 aromatic carbocycles. The van der Waals surface area contributed by atoms with Gasteiger partial charge in [0, 0.05) is 5.56 Å². The van der Waals surface area contributed by atoms with Crippen molar-refractivity contribution in [1.82, 2.24) is 0 Å². The highest BCUT2D eigenvalue weighted by Gasteiger charge is 2.29. The first kappa shape index (κ1) is 13.1. The summed E-state index contributed by atoms with van der Waals surface area (Å²) in [6.45, 7) is 0. The van der Waals surface area contributed by atoms with E-state index in [9.17, 15) is 18.0 Å². The summed E-state index contributed by atoms with van der Waals surface area (Å²) in [5.41, 5.74) is 0.798. The zero-order valence-electron chi connectivity index (χ0n) is 9.61. The highest BCUT2D eigenvalue weighted by atomic mass is 19.4. The summed E-state index contributed by atoms with van der Waals surface area (Å²) in [5.74, 6) is 0. The number of isocyanates is 1. The third kappa shape index (κ3) is 2.89. The topological polar surface area (TPSA) is 29.4 Å². The summed E-state index contributed by atoms with van der Waals surface area (Å²) in [5, 5.41) is 0. The summed E-state index contributed by atoms with van der Waals surface area (Å²) in [7, 11) is 0. The Hall–Kier alpha value is -2.39. The van der Waals surface area contributed by atoms with Crippen LogP contribution >= 0.6 is 0 Å². The molecule has 19 heavy (non-hydrogen) atoms. The number of hydrogen-bond acceptors (Lipinski definition) is 2. The molecule has 0 bridgehead atoms. The Labute approximate surface area is 107 Å². The second kappa shape index (κ2) is 5.08. The standard InChI is InChI=1S/C14H8F3NO/c15-14(16,17)11-7-5-10(6-8-11)12-3-1-2-4-13(12)18-9-19/h1-8H. The minimum Gasteiger partial charge on any atom is -0.211 e. The van der Waals surface area contributed by atoms with Crippen molar-refractivity contribution in [3.63, 3.8) is 0 Å². The molecule has 0 fully saturated rings. The van der Waals surface area contributed by atoms with Crippen LogP contribution in [0.1, 0.15) is 5.56 Å². The molecule has 0 aliphatic carbocycles. The van der Waals surface area contributed by atoms with Crippen LogP contribution in [0.5, 0.6) is 0 Å². The van der Waals surface area contributed by atoms with Crippen LogP contribution in [0.15, 0.2) is 53.5 Å². The predicted octanol–water partition coefficient (Wildman–Crippen LogP) is 4.34. The average molecular weight is 263 g/mol. The zero-order chi connectivity index (χ0) is 13.9. The van der Waals surface area contributed by atoms with Crippen molar-refractivity contribution in [2.24, 2.45) is 4.99 Å². The fraction of sp³-hybridized carbons (Fsp3) is 0.0714. The average Bonchev–Trinajstić information content (AvgIpc) is 2.39. The Balaban J connectivity index is 2.46. The Kier molecular flexibility index (Phi) is 3.49. The van der Waals surface area contributed by atoms with Gasteiger partial charge in [-0.2, -0.15) is 18.2 Å². The Bertz CT molecular complexity index is 626. The summed E-state index contributed by atoms with van der Waals surface area (Å²) in [4.78, 5) is 13.8. The van der Waals surface area contributed by atoms with E-state index in [-0.39, 0.29) is 0 Å².